The van der Waals surface area contributed by atoms with Crippen molar-refractivity contribution in [1.82, 2.24) is 0 Å². The van der Waals surface area contributed by atoms with Crippen LogP contribution in [0.25, 0.3) is 99.1 Å². The Balaban J connectivity index is 1.20. The van der Waals surface area contributed by atoms with Crippen molar-refractivity contribution in [3.05, 3.63) is 182 Å². The Labute approximate surface area is 280 Å². The number of rotatable bonds is 4. The van der Waals surface area contributed by atoms with Crippen molar-refractivity contribution in [2.45, 2.75) is 0 Å². The van der Waals surface area contributed by atoms with Gasteiger partial charge in [-0.2, -0.15) is 0 Å². The second-order valence-corrected chi connectivity index (χ2v) is 12.8. The summed E-state index contributed by atoms with van der Waals surface area (Å²) in [6, 6.07) is 67.0. The van der Waals surface area contributed by atoms with Crippen molar-refractivity contribution in [3.63, 3.8) is 0 Å². The first kappa shape index (κ1) is 26.9. The maximum absolute atomic E-state index is 2.43. The van der Waals surface area contributed by atoms with Gasteiger partial charge in [0.25, 0.3) is 0 Å². The van der Waals surface area contributed by atoms with E-state index >= 15 is 0 Å². The number of hydrogen-bond donors (Lipinski definition) is 0. The molecule has 9 aromatic carbocycles. The summed E-state index contributed by atoms with van der Waals surface area (Å²) in [5.74, 6) is 0. The van der Waals surface area contributed by atoms with Gasteiger partial charge in [-0.25, -0.2) is 0 Å². The van der Waals surface area contributed by atoms with Crippen molar-refractivity contribution in [1.29, 1.82) is 0 Å². The van der Waals surface area contributed by atoms with E-state index in [1.165, 1.54) is 99.1 Å². The van der Waals surface area contributed by atoms with Crippen LogP contribution in [0.4, 0.5) is 0 Å². The molecule has 0 nitrogen and oxygen atoms in total. The molecule has 0 unspecified atom stereocenters. The van der Waals surface area contributed by atoms with Crippen molar-refractivity contribution in [3.8, 4) is 66.8 Å². The van der Waals surface area contributed by atoms with Gasteiger partial charge < -0.3 is 0 Å². The lowest BCUT2D eigenvalue weighted by Crippen LogP contribution is -1.89. The molecular formula is C48H30. The van der Waals surface area contributed by atoms with Crippen LogP contribution in [-0.4, -0.2) is 0 Å². The highest BCUT2D eigenvalue weighted by molar-refractivity contribution is 6.20. The van der Waals surface area contributed by atoms with Crippen LogP contribution in [-0.2, 0) is 0 Å². The van der Waals surface area contributed by atoms with Crippen LogP contribution in [0.3, 0.4) is 0 Å². The Morgan fingerprint density at radius 3 is 1.54 bits per heavy atom. The van der Waals surface area contributed by atoms with E-state index in [0.717, 1.165) is 0 Å². The van der Waals surface area contributed by atoms with Crippen molar-refractivity contribution in [2.75, 3.05) is 0 Å². The van der Waals surface area contributed by atoms with E-state index in [1.54, 1.807) is 0 Å². The third-order valence-electron chi connectivity index (χ3n) is 10.2. The van der Waals surface area contributed by atoms with Crippen LogP contribution in [0.5, 0.6) is 0 Å². The minimum Gasteiger partial charge on any atom is -0.0622 e. The summed E-state index contributed by atoms with van der Waals surface area (Å²) in [4.78, 5) is 0. The number of benzene rings is 9. The Bertz CT molecular complexity index is 2700. The Hall–Kier alpha value is -6.24. The van der Waals surface area contributed by atoms with Gasteiger partial charge in [0, 0.05) is 0 Å². The van der Waals surface area contributed by atoms with Crippen LogP contribution >= 0.6 is 0 Å². The molecule has 0 spiro atoms. The van der Waals surface area contributed by atoms with E-state index in [0.29, 0.717) is 0 Å². The molecule has 0 atom stereocenters. The molecule has 0 saturated heterocycles. The van der Waals surface area contributed by atoms with Crippen molar-refractivity contribution in [2.24, 2.45) is 0 Å². The highest BCUT2D eigenvalue weighted by Gasteiger charge is 2.25. The molecule has 0 aliphatic heterocycles. The topological polar surface area (TPSA) is 0 Å². The molecule has 1 aliphatic carbocycles. The smallest absolute Gasteiger partial charge is 0.00201 e. The van der Waals surface area contributed by atoms with Gasteiger partial charge in [-0.1, -0.05) is 164 Å². The van der Waals surface area contributed by atoms with Gasteiger partial charge in [0.1, 0.15) is 0 Å². The maximum Gasteiger partial charge on any atom is -0.00201 e. The van der Waals surface area contributed by atoms with Crippen LogP contribution in [0, 0.1) is 0 Å². The van der Waals surface area contributed by atoms with Crippen LogP contribution in [0.1, 0.15) is 0 Å². The highest BCUT2D eigenvalue weighted by atomic mass is 14.3. The first-order chi connectivity index (χ1) is 23.8. The van der Waals surface area contributed by atoms with Crippen LogP contribution in [0.15, 0.2) is 182 Å². The van der Waals surface area contributed by atoms with Crippen LogP contribution < -0.4 is 0 Å². The molecule has 1 aliphatic rings. The van der Waals surface area contributed by atoms with Gasteiger partial charge in [0.2, 0.25) is 0 Å². The highest BCUT2D eigenvalue weighted by Crippen LogP contribution is 2.52. The minimum absolute atomic E-state index is 1.23. The van der Waals surface area contributed by atoms with Gasteiger partial charge in [-0.05, 0) is 117 Å². The molecule has 48 heavy (non-hydrogen) atoms. The molecule has 0 saturated carbocycles. The summed E-state index contributed by atoms with van der Waals surface area (Å²) in [5.41, 5.74) is 15.3. The SMILES string of the molecule is c1ccc(-c2cc3ccccc3cc2-c2ccc3c4c(cccc24)-c2cc(-c4c(-c5ccccc5)ccc5ccccc45)ccc2-3)cc1. The second-order valence-electron chi connectivity index (χ2n) is 12.8. The van der Waals surface area contributed by atoms with E-state index < -0.39 is 0 Å². The summed E-state index contributed by atoms with van der Waals surface area (Å²) >= 11 is 0. The van der Waals surface area contributed by atoms with E-state index in [2.05, 4.69) is 182 Å². The number of hydrogen-bond acceptors (Lipinski definition) is 0. The van der Waals surface area contributed by atoms with E-state index in [1.807, 2.05) is 0 Å². The Morgan fingerprint density at radius 2 is 0.771 bits per heavy atom. The molecule has 0 N–H and O–H groups in total. The molecule has 0 heterocycles. The molecule has 0 bridgehead atoms. The summed E-state index contributed by atoms with van der Waals surface area (Å²) in [6.45, 7) is 0. The first-order valence-corrected chi connectivity index (χ1v) is 16.7. The fraction of sp³-hybridized carbons (Fsp3) is 0. The lowest BCUT2D eigenvalue weighted by Gasteiger charge is -2.16. The van der Waals surface area contributed by atoms with E-state index in [9.17, 15) is 0 Å². The Morgan fingerprint density at radius 1 is 0.229 bits per heavy atom. The summed E-state index contributed by atoms with van der Waals surface area (Å²) in [7, 11) is 0. The normalized spacial score (nSPS) is 11.8. The second kappa shape index (κ2) is 10.7. The zero-order chi connectivity index (χ0) is 31.6. The molecule has 0 fully saturated rings. The summed E-state index contributed by atoms with van der Waals surface area (Å²) < 4.78 is 0. The summed E-state index contributed by atoms with van der Waals surface area (Å²) in [5, 5.41) is 7.69. The third kappa shape index (κ3) is 4.10. The van der Waals surface area contributed by atoms with Gasteiger partial charge in [-0.15, -0.1) is 0 Å². The quantitative estimate of drug-likeness (QED) is 0.187. The Kier molecular flexibility index (Phi) is 5.98. The molecule has 0 amide bonds. The fourth-order valence-corrected chi connectivity index (χ4v) is 8.01. The predicted octanol–water partition coefficient (Wildman–Crippen LogP) is 13.5. The monoisotopic (exact) mass is 606 g/mol. The van der Waals surface area contributed by atoms with Gasteiger partial charge in [-0.3, -0.25) is 0 Å². The van der Waals surface area contributed by atoms with Gasteiger partial charge >= 0.3 is 0 Å². The minimum atomic E-state index is 1.23. The van der Waals surface area contributed by atoms with Gasteiger partial charge in [0.15, 0.2) is 0 Å². The summed E-state index contributed by atoms with van der Waals surface area (Å²) in [6.07, 6.45) is 0. The lowest BCUT2D eigenvalue weighted by atomic mass is 9.88. The molecule has 10 rings (SSSR count). The van der Waals surface area contributed by atoms with Crippen molar-refractivity contribution < 1.29 is 0 Å². The molecule has 222 valence electrons. The zero-order valence-electron chi connectivity index (χ0n) is 26.3. The van der Waals surface area contributed by atoms with Crippen molar-refractivity contribution >= 4 is 32.3 Å². The van der Waals surface area contributed by atoms with E-state index in [4.69, 9.17) is 0 Å². The average molecular weight is 607 g/mol. The average Bonchev–Trinajstić information content (AvgIpc) is 3.48. The first-order valence-electron chi connectivity index (χ1n) is 16.7. The molecule has 0 heteroatoms. The zero-order valence-corrected chi connectivity index (χ0v) is 26.3. The largest absolute Gasteiger partial charge is 0.0622 e. The molecular weight excluding hydrogens is 577 g/mol. The van der Waals surface area contributed by atoms with Crippen LogP contribution in [0.2, 0.25) is 0 Å². The molecule has 0 radical (unpaired) electrons. The van der Waals surface area contributed by atoms with Gasteiger partial charge in [0.05, 0.1) is 0 Å². The number of fused-ring (bicyclic) bond motifs is 5. The third-order valence-corrected chi connectivity index (χ3v) is 10.2. The maximum atomic E-state index is 2.43. The standard InChI is InChI=1S/C48H30/c1-3-12-31(13-4-1)38-24-22-33-16-9-10-19-37(33)47(38)36-23-25-39-43-27-26-40(41-20-11-21-42(48(41)43)45(39)30-36)46-29-35-18-8-7-17-34(35)28-44(46)32-14-5-2-6-15-32/h1-30H. The fourth-order valence-electron chi connectivity index (χ4n) is 8.01. The molecule has 9 aromatic rings. The van der Waals surface area contributed by atoms with E-state index in [-0.39, 0.29) is 0 Å². The lowest BCUT2D eigenvalue weighted by molar-refractivity contribution is 1.61. The predicted molar refractivity (Wildman–Crippen MR) is 205 cm³/mol. The molecule has 0 aromatic heterocycles.